The second-order valence-electron chi connectivity index (χ2n) is 14.1. The third-order valence-electron chi connectivity index (χ3n) is 11.3. The summed E-state index contributed by atoms with van der Waals surface area (Å²) in [6.07, 6.45) is 13.1. The van der Waals surface area contributed by atoms with E-state index >= 15 is 0 Å². The molecule has 0 radical (unpaired) electrons. The second kappa shape index (κ2) is 13.2. The number of nitrogens with one attached hydrogen (secondary N) is 1. The summed E-state index contributed by atoms with van der Waals surface area (Å²) < 4.78 is 1.57. The number of hydrogen-bond acceptors (Lipinski definition) is 5. The van der Waals surface area contributed by atoms with Crippen molar-refractivity contribution in [1.82, 2.24) is 19.7 Å². The zero-order valence-corrected chi connectivity index (χ0v) is 26.4. The van der Waals surface area contributed by atoms with Crippen molar-refractivity contribution in [3.05, 3.63) is 58.5 Å². The average Bonchev–Trinajstić information content (AvgIpc) is 3.54. The number of piperazine rings is 1. The Morgan fingerprint density at radius 1 is 0.955 bits per heavy atom. The minimum absolute atomic E-state index is 0.00514. The predicted octanol–water partition coefficient (Wildman–Crippen LogP) is 4.69. The van der Waals surface area contributed by atoms with E-state index in [1.807, 2.05) is 40.1 Å². The number of piperidine rings is 1. The number of hydrogen-bond donors (Lipinski definition) is 2. The summed E-state index contributed by atoms with van der Waals surface area (Å²) in [6, 6.07) is 11.2. The van der Waals surface area contributed by atoms with Crippen molar-refractivity contribution in [1.29, 1.82) is 0 Å². The topological polar surface area (TPSA) is 94.9 Å². The molecule has 8 nitrogen and oxygen atoms in total. The molecular weight excluding hydrogens is 552 g/mol. The number of benzene rings is 1. The van der Waals surface area contributed by atoms with Crippen molar-refractivity contribution in [2.75, 3.05) is 39.3 Å². The normalized spacial score (nSPS) is 24.9. The van der Waals surface area contributed by atoms with Crippen LogP contribution in [0.5, 0.6) is 0 Å². The van der Waals surface area contributed by atoms with E-state index in [-0.39, 0.29) is 29.8 Å². The smallest absolute Gasteiger partial charge is 0.256 e. The van der Waals surface area contributed by atoms with Gasteiger partial charge in [0.15, 0.2) is 0 Å². The van der Waals surface area contributed by atoms with Gasteiger partial charge in [-0.1, -0.05) is 82.2 Å². The fraction of sp³-hybridized carbons (Fsp3) is 0.639. The van der Waals surface area contributed by atoms with Gasteiger partial charge in [0.05, 0.1) is 17.7 Å². The van der Waals surface area contributed by atoms with Gasteiger partial charge >= 0.3 is 0 Å². The van der Waals surface area contributed by atoms with Gasteiger partial charge in [0.2, 0.25) is 5.91 Å². The molecule has 0 bridgehead atoms. The Morgan fingerprint density at radius 2 is 1.66 bits per heavy atom. The van der Waals surface area contributed by atoms with Crippen LogP contribution in [0, 0.1) is 17.3 Å². The number of amides is 2. The maximum atomic E-state index is 13.9. The molecule has 0 unspecified atom stereocenters. The predicted molar refractivity (Wildman–Crippen MR) is 172 cm³/mol. The van der Waals surface area contributed by atoms with E-state index in [2.05, 4.69) is 12.2 Å². The van der Waals surface area contributed by atoms with Crippen LogP contribution in [0.2, 0.25) is 0 Å². The molecule has 1 aromatic heterocycles. The molecular formula is C36H50N4O4. The molecule has 2 amide bonds. The molecule has 2 atom stereocenters. The first kappa shape index (κ1) is 31.0. The number of carbonyl (C=O) groups excluding carboxylic acids is 2. The maximum Gasteiger partial charge on any atom is 0.256 e. The molecule has 3 heterocycles. The van der Waals surface area contributed by atoms with Crippen LogP contribution in [0.4, 0.5) is 0 Å². The van der Waals surface area contributed by atoms with E-state index in [9.17, 15) is 19.5 Å². The van der Waals surface area contributed by atoms with Crippen molar-refractivity contribution >= 4 is 11.8 Å². The third kappa shape index (κ3) is 6.25. The summed E-state index contributed by atoms with van der Waals surface area (Å²) in [6.45, 7) is 5.96. The fourth-order valence-electron chi connectivity index (χ4n) is 8.67. The lowest BCUT2D eigenvalue weighted by Crippen LogP contribution is -2.62. The van der Waals surface area contributed by atoms with Crippen LogP contribution >= 0.6 is 0 Å². The summed E-state index contributed by atoms with van der Waals surface area (Å²) >= 11 is 0. The lowest BCUT2D eigenvalue weighted by molar-refractivity contribution is -0.163. The summed E-state index contributed by atoms with van der Waals surface area (Å²) in [5.41, 5.74) is 0.139. The van der Waals surface area contributed by atoms with Gasteiger partial charge in [-0.25, -0.2) is 0 Å². The number of aliphatic hydroxyl groups is 1. The highest BCUT2D eigenvalue weighted by molar-refractivity contribution is 6.00. The molecule has 4 aliphatic rings. The molecule has 44 heavy (non-hydrogen) atoms. The van der Waals surface area contributed by atoms with Crippen LogP contribution in [0.1, 0.15) is 87.9 Å². The van der Waals surface area contributed by atoms with E-state index in [0.29, 0.717) is 49.6 Å². The molecule has 1 spiro atoms. The first-order valence-corrected chi connectivity index (χ1v) is 17.1. The highest BCUT2D eigenvalue weighted by Gasteiger charge is 2.56. The summed E-state index contributed by atoms with van der Waals surface area (Å²) in [4.78, 5) is 45.2. The van der Waals surface area contributed by atoms with Crippen molar-refractivity contribution in [2.24, 2.45) is 17.3 Å². The molecule has 4 fully saturated rings. The van der Waals surface area contributed by atoms with Crippen LogP contribution in [-0.2, 0) is 11.3 Å². The van der Waals surface area contributed by atoms with Crippen LogP contribution in [0.15, 0.2) is 47.4 Å². The lowest BCUT2D eigenvalue weighted by Gasteiger charge is -2.53. The third-order valence-corrected chi connectivity index (χ3v) is 11.3. The highest BCUT2D eigenvalue weighted by Crippen LogP contribution is 2.52. The number of aromatic nitrogens is 1. The molecule has 2 saturated heterocycles. The van der Waals surface area contributed by atoms with Gasteiger partial charge < -0.3 is 24.8 Å². The van der Waals surface area contributed by atoms with E-state index in [1.165, 1.54) is 32.1 Å². The monoisotopic (exact) mass is 602 g/mol. The molecule has 1 aromatic carbocycles. The Morgan fingerprint density at radius 3 is 2.36 bits per heavy atom. The molecule has 2 aromatic rings. The zero-order chi connectivity index (χ0) is 30.7. The summed E-state index contributed by atoms with van der Waals surface area (Å²) in [5.74, 6) is 0.773. The van der Waals surface area contributed by atoms with Crippen LogP contribution in [0.3, 0.4) is 0 Å². The average molecular weight is 603 g/mol. The van der Waals surface area contributed by atoms with Gasteiger partial charge in [0, 0.05) is 68.4 Å². The van der Waals surface area contributed by atoms with Gasteiger partial charge in [0.25, 0.3) is 11.5 Å². The fourth-order valence-corrected chi connectivity index (χ4v) is 8.67. The SMILES string of the molecule is C[C@H](CC1CCCCC1)C(=O)N1CC[C@@](O)(Cn2cc(C(=O)N3CCNCC3)c(-c3ccccc3)cc2=O)C2(CCCC2)C1. The van der Waals surface area contributed by atoms with Gasteiger partial charge in [0.1, 0.15) is 0 Å². The van der Waals surface area contributed by atoms with E-state index < -0.39 is 11.0 Å². The molecule has 2 N–H and O–H groups in total. The molecule has 2 aliphatic heterocycles. The van der Waals surface area contributed by atoms with E-state index in [1.54, 1.807) is 16.8 Å². The van der Waals surface area contributed by atoms with Gasteiger partial charge in [-0.3, -0.25) is 14.4 Å². The quantitative estimate of drug-likeness (QED) is 0.480. The highest BCUT2D eigenvalue weighted by atomic mass is 16.3. The lowest BCUT2D eigenvalue weighted by atomic mass is 9.65. The number of pyridine rings is 1. The molecule has 238 valence electrons. The standard InChI is InChI=1S/C36H50N4O4/c1-27(22-28-10-4-2-5-11-28)33(42)39-19-16-36(44,35(25-39)14-8-9-15-35)26-40-24-31(34(43)38-20-17-37-18-21-38)30(23-32(40)41)29-12-6-3-7-13-29/h3,6-7,12-13,23-24,27-28,37,44H,2,4-5,8-11,14-22,25-26H2,1H3/t27-,36-/m1/s1. The number of likely N-dealkylation sites (tertiary alicyclic amines) is 1. The van der Waals surface area contributed by atoms with Gasteiger partial charge in [-0.15, -0.1) is 0 Å². The molecule has 2 aliphatic carbocycles. The minimum Gasteiger partial charge on any atom is -0.387 e. The van der Waals surface area contributed by atoms with E-state index in [4.69, 9.17) is 0 Å². The number of nitrogens with zero attached hydrogens (tertiary/aromatic N) is 3. The minimum atomic E-state index is -1.14. The van der Waals surface area contributed by atoms with Gasteiger partial charge in [-0.05, 0) is 37.2 Å². The Labute approximate surface area is 261 Å². The zero-order valence-electron chi connectivity index (χ0n) is 26.4. The maximum absolute atomic E-state index is 13.9. The first-order valence-electron chi connectivity index (χ1n) is 17.1. The second-order valence-corrected chi connectivity index (χ2v) is 14.1. The Bertz CT molecular complexity index is 1370. The molecule has 6 rings (SSSR count). The Balaban J connectivity index is 1.26. The van der Waals surface area contributed by atoms with Crippen molar-refractivity contribution < 1.29 is 14.7 Å². The summed E-state index contributed by atoms with van der Waals surface area (Å²) in [7, 11) is 0. The first-order chi connectivity index (χ1) is 21.3. The van der Waals surface area contributed by atoms with Crippen molar-refractivity contribution in [3.63, 3.8) is 0 Å². The van der Waals surface area contributed by atoms with Gasteiger partial charge in [-0.2, -0.15) is 0 Å². The number of rotatable bonds is 7. The van der Waals surface area contributed by atoms with Crippen LogP contribution < -0.4 is 10.9 Å². The van der Waals surface area contributed by atoms with Crippen molar-refractivity contribution in [3.8, 4) is 11.1 Å². The largest absolute Gasteiger partial charge is 0.387 e. The van der Waals surface area contributed by atoms with Crippen LogP contribution in [-0.4, -0.2) is 76.2 Å². The molecule has 8 heteroatoms. The Hall–Kier alpha value is -2.97. The Kier molecular flexibility index (Phi) is 9.29. The molecule has 2 saturated carbocycles. The summed E-state index contributed by atoms with van der Waals surface area (Å²) in [5, 5.41) is 15.8. The van der Waals surface area contributed by atoms with Crippen LogP contribution in [0.25, 0.3) is 11.1 Å². The van der Waals surface area contributed by atoms with E-state index in [0.717, 1.165) is 50.8 Å². The number of carbonyl (C=O) groups is 2. The van der Waals surface area contributed by atoms with Crippen molar-refractivity contribution in [2.45, 2.75) is 89.7 Å².